The minimum atomic E-state index is -0.444. The van der Waals surface area contributed by atoms with Crippen LogP contribution in [0.25, 0.3) is 11.1 Å². The predicted molar refractivity (Wildman–Crippen MR) is 128 cm³/mol. The Hall–Kier alpha value is -2.80. The number of halogens is 1. The Balaban J connectivity index is 1.36. The van der Waals surface area contributed by atoms with Crippen LogP contribution in [0, 0.1) is 17.2 Å². The number of carbonyl (C=O) groups is 1. The number of piperidine rings is 3. The normalized spacial score (nSPS) is 26.8. The molecule has 0 aromatic heterocycles. The fraction of sp³-hybridized carbons (Fsp3) is 0.519. The molecule has 0 aliphatic carbocycles. The minimum Gasteiger partial charge on any atom is -0.494 e. The maximum atomic E-state index is 15.3. The summed E-state index contributed by atoms with van der Waals surface area (Å²) in [5.74, 6) is 1.40. The largest absolute Gasteiger partial charge is 0.494 e. The lowest BCUT2D eigenvalue weighted by atomic mass is 9.78. The van der Waals surface area contributed by atoms with Crippen molar-refractivity contribution >= 4 is 6.09 Å². The molecule has 4 aliphatic rings. The van der Waals surface area contributed by atoms with Gasteiger partial charge in [-0.2, -0.15) is 0 Å². The van der Waals surface area contributed by atoms with Gasteiger partial charge in [-0.3, -0.25) is 4.90 Å². The Morgan fingerprint density at radius 3 is 2.59 bits per heavy atom. The molecule has 7 heteroatoms. The molecule has 0 radical (unpaired) electrons. The molecule has 3 fully saturated rings. The second-order valence-electron chi connectivity index (χ2n) is 10.3. The average Bonchev–Trinajstić information content (AvgIpc) is 2.82. The number of rotatable bonds is 5. The molecule has 6 nitrogen and oxygen atoms in total. The van der Waals surface area contributed by atoms with Gasteiger partial charge in [-0.1, -0.05) is 26.0 Å². The number of nitrogens with one attached hydrogen (secondary N) is 1. The van der Waals surface area contributed by atoms with Gasteiger partial charge in [0.05, 0.1) is 19.3 Å². The third kappa shape index (κ3) is 4.45. The molecule has 3 saturated heterocycles. The van der Waals surface area contributed by atoms with Crippen LogP contribution in [0.4, 0.5) is 9.18 Å². The topological polar surface area (TPSA) is 60.0 Å². The van der Waals surface area contributed by atoms with E-state index in [1.165, 1.54) is 6.07 Å². The van der Waals surface area contributed by atoms with Gasteiger partial charge in [0, 0.05) is 23.1 Å². The number of ether oxygens (including phenoxy) is 3. The van der Waals surface area contributed by atoms with E-state index in [2.05, 4.69) is 10.2 Å². The van der Waals surface area contributed by atoms with Crippen molar-refractivity contribution in [3.05, 3.63) is 47.8 Å². The molecule has 4 heterocycles. The number of nitrogens with zero attached hydrogens (tertiary/aromatic N) is 1. The van der Waals surface area contributed by atoms with Crippen LogP contribution in [-0.2, 0) is 4.74 Å². The second kappa shape index (κ2) is 9.10. The van der Waals surface area contributed by atoms with Crippen LogP contribution in [0.1, 0.15) is 45.2 Å². The molecule has 34 heavy (non-hydrogen) atoms. The van der Waals surface area contributed by atoms with Gasteiger partial charge in [-0.05, 0) is 68.6 Å². The molecule has 182 valence electrons. The summed E-state index contributed by atoms with van der Waals surface area (Å²) < 4.78 is 32.7. The van der Waals surface area contributed by atoms with Crippen molar-refractivity contribution in [2.24, 2.45) is 11.3 Å². The molecule has 1 N–H and O–H groups in total. The summed E-state index contributed by atoms with van der Waals surface area (Å²) in [7, 11) is 0. The highest BCUT2D eigenvalue weighted by Crippen LogP contribution is 2.45. The molecular weight excluding hydrogens is 435 g/mol. The lowest BCUT2D eigenvalue weighted by Crippen LogP contribution is -2.53. The fourth-order valence-electron chi connectivity index (χ4n) is 5.41. The maximum Gasteiger partial charge on any atom is 0.407 e. The van der Waals surface area contributed by atoms with E-state index in [9.17, 15) is 4.79 Å². The first-order chi connectivity index (χ1) is 16.3. The van der Waals surface area contributed by atoms with Crippen LogP contribution in [0.15, 0.2) is 36.4 Å². The van der Waals surface area contributed by atoms with E-state index >= 15 is 4.39 Å². The van der Waals surface area contributed by atoms with Crippen molar-refractivity contribution in [3.63, 3.8) is 0 Å². The molecule has 2 aromatic rings. The van der Waals surface area contributed by atoms with Gasteiger partial charge in [0.25, 0.3) is 0 Å². The lowest BCUT2D eigenvalue weighted by molar-refractivity contribution is -0.0361. The molecule has 6 rings (SSSR count). The monoisotopic (exact) mass is 468 g/mol. The Kier molecular flexibility index (Phi) is 6.15. The van der Waals surface area contributed by atoms with Gasteiger partial charge >= 0.3 is 6.09 Å². The summed E-state index contributed by atoms with van der Waals surface area (Å²) in [6.45, 7) is 9.89. The molecule has 0 saturated carbocycles. The molecule has 4 aliphatic heterocycles. The van der Waals surface area contributed by atoms with E-state index in [-0.39, 0.29) is 11.9 Å². The Bertz CT molecular complexity index is 1050. The van der Waals surface area contributed by atoms with Crippen LogP contribution < -0.4 is 14.8 Å². The molecule has 0 spiro atoms. The van der Waals surface area contributed by atoms with Crippen molar-refractivity contribution < 1.29 is 23.4 Å². The summed E-state index contributed by atoms with van der Waals surface area (Å²) in [5, 5.41) is 3.04. The summed E-state index contributed by atoms with van der Waals surface area (Å²) in [4.78, 5) is 15.3. The van der Waals surface area contributed by atoms with Gasteiger partial charge in [0.1, 0.15) is 23.4 Å². The zero-order chi connectivity index (χ0) is 23.9. The van der Waals surface area contributed by atoms with E-state index in [0.29, 0.717) is 36.0 Å². The first-order valence-corrected chi connectivity index (χ1v) is 12.2. The summed E-state index contributed by atoms with van der Waals surface area (Å²) in [5.41, 5.74) is 1.40. The van der Waals surface area contributed by atoms with E-state index in [4.69, 9.17) is 14.2 Å². The Morgan fingerprint density at radius 2 is 1.94 bits per heavy atom. The third-order valence-corrected chi connectivity index (χ3v) is 7.38. The van der Waals surface area contributed by atoms with Gasteiger partial charge < -0.3 is 19.5 Å². The van der Waals surface area contributed by atoms with Crippen molar-refractivity contribution in [1.82, 2.24) is 10.2 Å². The molecule has 2 atom stereocenters. The average molecular weight is 469 g/mol. The molecule has 2 bridgehead atoms. The first-order valence-electron chi connectivity index (χ1n) is 12.2. The fourth-order valence-corrected chi connectivity index (χ4v) is 5.41. The molecule has 1 amide bonds. The van der Waals surface area contributed by atoms with Gasteiger partial charge in [0.15, 0.2) is 0 Å². The van der Waals surface area contributed by atoms with E-state index in [1.807, 2.05) is 45.0 Å². The summed E-state index contributed by atoms with van der Waals surface area (Å²) in [6, 6.07) is 10.1. The summed E-state index contributed by atoms with van der Waals surface area (Å²) >= 11 is 0. The van der Waals surface area contributed by atoms with Crippen molar-refractivity contribution in [1.29, 1.82) is 0 Å². The molecule has 1 unspecified atom stereocenters. The minimum absolute atomic E-state index is 0.0799. The van der Waals surface area contributed by atoms with Crippen LogP contribution in [0.2, 0.25) is 0 Å². The predicted octanol–water partition coefficient (Wildman–Crippen LogP) is 5.17. The number of amides is 1. The SMILES string of the molecule is CCOc1ccc(-c2cc3c(cc2F)C(NC(=O)O[C@H]2CN4CCC2CC4)C(C)(C)CO3)cc1. The smallest absolute Gasteiger partial charge is 0.407 e. The number of carbonyl (C=O) groups excluding carboxylic acids is 1. The van der Waals surface area contributed by atoms with Crippen molar-refractivity contribution in [2.75, 3.05) is 32.8 Å². The van der Waals surface area contributed by atoms with Crippen LogP contribution >= 0.6 is 0 Å². The highest BCUT2D eigenvalue weighted by molar-refractivity contribution is 5.71. The number of benzene rings is 2. The quantitative estimate of drug-likeness (QED) is 0.656. The molecule has 2 aromatic carbocycles. The van der Waals surface area contributed by atoms with Crippen LogP contribution in [0.3, 0.4) is 0 Å². The van der Waals surface area contributed by atoms with Crippen LogP contribution in [-0.4, -0.2) is 49.9 Å². The number of hydrogen-bond donors (Lipinski definition) is 1. The summed E-state index contributed by atoms with van der Waals surface area (Å²) in [6.07, 6.45) is 1.62. The van der Waals surface area contributed by atoms with E-state index in [1.54, 1.807) is 6.07 Å². The van der Waals surface area contributed by atoms with E-state index < -0.39 is 17.6 Å². The van der Waals surface area contributed by atoms with Crippen molar-refractivity contribution in [2.45, 2.75) is 45.8 Å². The highest BCUT2D eigenvalue weighted by Gasteiger charge is 2.41. The van der Waals surface area contributed by atoms with Crippen LogP contribution in [0.5, 0.6) is 11.5 Å². The number of hydrogen-bond acceptors (Lipinski definition) is 5. The lowest BCUT2D eigenvalue weighted by Gasteiger charge is -2.44. The van der Waals surface area contributed by atoms with Gasteiger partial charge in [-0.15, -0.1) is 0 Å². The van der Waals surface area contributed by atoms with Gasteiger partial charge in [0.2, 0.25) is 0 Å². The Labute approximate surface area is 200 Å². The number of alkyl carbamates (subject to hydrolysis) is 1. The third-order valence-electron chi connectivity index (χ3n) is 7.38. The zero-order valence-corrected chi connectivity index (χ0v) is 20.1. The van der Waals surface area contributed by atoms with Crippen molar-refractivity contribution in [3.8, 4) is 22.6 Å². The maximum absolute atomic E-state index is 15.3. The molecular formula is C27H33FN2O4. The van der Waals surface area contributed by atoms with E-state index in [0.717, 1.165) is 43.8 Å². The number of fused-ring (bicyclic) bond motifs is 4. The zero-order valence-electron chi connectivity index (χ0n) is 20.1. The Morgan fingerprint density at radius 1 is 1.21 bits per heavy atom. The first kappa shape index (κ1) is 23.0. The standard InChI is InChI=1S/C27H33FN2O4/c1-4-32-19-7-5-17(6-8-19)20-14-23-21(13-22(20)28)25(27(2,3)16-33-23)29-26(31)34-24-15-30-11-9-18(24)10-12-30/h5-8,13-14,18,24-25H,4,9-12,15-16H2,1-3H3,(H,29,31)/t24-,25?/m0/s1. The second-order valence-corrected chi connectivity index (χ2v) is 10.3. The van der Waals surface area contributed by atoms with Gasteiger partial charge in [-0.25, -0.2) is 9.18 Å². The highest BCUT2D eigenvalue weighted by atomic mass is 19.1.